The van der Waals surface area contributed by atoms with Crippen LogP contribution in [-0.2, 0) is 173 Å². The van der Waals surface area contributed by atoms with E-state index in [-0.39, 0.29) is 223 Å². The van der Waals surface area contributed by atoms with Crippen molar-refractivity contribution in [1.82, 2.24) is 77.8 Å². The number of likely N-dealkylation sites (tertiary alicyclic amines) is 3. The summed E-state index contributed by atoms with van der Waals surface area (Å²) in [6, 6.07) is 19.6. The standard InChI is InChI=1S/C25H34N4O6.C25H30N4O6.C20H26N4O4.C13H12BrN3O3.C12H19NO3.H3P.U.V.2W/c2*1-25(2,3)35-24(33)28-13-12-17(15-28)34-14-6-8-16-7-5-9-18-21(16)27(4)23(32)29(18)19-10-11-20(30)26-22(19)31;1-23-18-13(5-3-11-28-14-9-10-21-12-14)4-2-6-15(18)24(20(23)27)16-7-8-17(25)22-19(16)26;1-16-11-7(14)3-2-4-8(11)17(13(16)20)9-5-6-10(18)15-12(9)19;1-5-8-15-10-6-7-13(9-10)11(14)16-12(2,3)4;;;;;/h5,7,9,17,19H,6,8,10-15H2,1-4H3,(H,26,30,31);5,7,9,17,19H,10-15H2,1-4H3,(H,26,30,31);2,4,6,14,16,21H,3,5,7-12H2,1H3,(H,22,25,26);2-4,9H,5-6H2,1H3,(H,15,18,19);1,10H,6-9H2,2-4H3;1H3;;;;/t2*17-,19?;14-,16?;;10-;;;;;/m111.1...../s1. The number of terminal acetylenes is 1. The van der Waals surface area contributed by atoms with E-state index in [0.29, 0.717) is 125 Å². The Kier molecular flexibility index (Phi) is 43.8. The van der Waals surface area contributed by atoms with E-state index in [4.69, 9.17) is 39.6 Å². The van der Waals surface area contributed by atoms with Crippen molar-refractivity contribution in [2.45, 2.75) is 230 Å². The molecule has 12 heterocycles. The van der Waals surface area contributed by atoms with Crippen LogP contribution in [0.15, 0.2) is 96.4 Å². The number of ether oxygens (including phenoxy) is 7. The summed E-state index contributed by atoms with van der Waals surface area (Å²) in [5.74, 6) is 5.53. The van der Waals surface area contributed by atoms with E-state index in [9.17, 15) is 71.9 Å². The smallest absolute Gasteiger partial charge is 0.410 e. The van der Waals surface area contributed by atoms with Gasteiger partial charge in [-0.05, 0) is 209 Å². The molecular formula is C95H124BrN16O22PUVW2. The van der Waals surface area contributed by atoms with E-state index in [1.54, 1.807) is 70.2 Å². The fourth-order valence-electron chi connectivity index (χ4n) is 17.6. The Morgan fingerprint density at radius 3 is 1.09 bits per heavy atom. The second-order valence-corrected chi connectivity index (χ2v) is 38.1. The number of fused-ring (bicyclic) bond motifs is 4. The van der Waals surface area contributed by atoms with Crippen molar-refractivity contribution >= 4 is 135 Å². The molecule has 0 saturated carbocycles. The number of imide groups is 4. The molecular weight excluding hydrogens is 2480 g/mol. The molecule has 8 aliphatic rings. The zero-order valence-corrected chi connectivity index (χ0v) is 95.1. The zero-order chi connectivity index (χ0) is 96.9. The first-order valence-electron chi connectivity index (χ1n) is 45.4. The fourth-order valence-corrected chi connectivity index (χ4v) is 18.2. The predicted molar refractivity (Wildman–Crippen MR) is 509 cm³/mol. The van der Waals surface area contributed by atoms with Gasteiger partial charge in [0.15, 0.2) is 0 Å². The Morgan fingerprint density at radius 2 is 0.741 bits per heavy atom. The number of amides is 11. The minimum absolute atomic E-state index is 0. The number of nitrogens with one attached hydrogen (secondary N) is 5. The summed E-state index contributed by atoms with van der Waals surface area (Å²) >= 11 is 3.42. The maximum absolute atomic E-state index is 13.0. The van der Waals surface area contributed by atoms with Gasteiger partial charge in [0.05, 0.1) is 93.7 Å². The van der Waals surface area contributed by atoms with Crippen LogP contribution in [0.1, 0.15) is 193 Å². The summed E-state index contributed by atoms with van der Waals surface area (Å²) in [7, 11) is 6.74. The Labute approximate surface area is 881 Å². The third kappa shape index (κ3) is 29.7. The fraction of sp³-hybridized carbons (Fsp3) is 0.547. The van der Waals surface area contributed by atoms with Gasteiger partial charge in [-0.3, -0.25) is 96.2 Å². The molecule has 0 aliphatic carbocycles. The molecule has 5 unspecified atom stereocenters. The first-order valence-corrected chi connectivity index (χ1v) is 46.2. The molecule has 44 heteroatoms. The molecule has 1 radical (unpaired) electrons. The van der Waals surface area contributed by atoms with Crippen LogP contribution in [0.25, 0.3) is 44.1 Å². The number of piperidine rings is 4. The van der Waals surface area contributed by atoms with E-state index in [1.165, 1.54) is 27.4 Å². The molecule has 8 fully saturated rings. The predicted octanol–water partition coefficient (Wildman–Crippen LogP) is 7.38. The number of halogens is 1. The summed E-state index contributed by atoms with van der Waals surface area (Å²) < 4.78 is 52.1. The van der Waals surface area contributed by atoms with Crippen LogP contribution in [0, 0.1) is 55.3 Å². The molecule has 11 amide bonds. The number of benzene rings is 4. The first kappa shape index (κ1) is 117. The second-order valence-electron chi connectivity index (χ2n) is 37.3. The number of hydrogen-bond acceptors (Lipinski definition) is 23. The van der Waals surface area contributed by atoms with Gasteiger partial charge in [0.25, 0.3) is 0 Å². The van der Waals surface area contributed by atoms with E-state index >= 15 is 0 Å². The Hall–Kier alpha value is -8.83. The number of para-hydroxylation sites is 4. The summed E-state index contributed by atoms with van der Waals surface area (Å²) in [5.41, 5.74) is 5.77. The van der Waals surface area contributed by atoms with Gasteiger partial charge in [0.2, 0.25) is 47.3 Å². The molecule has 38 nitrogen and oxygen atoms in total. The van der Waals surface area contributed by atoms with Crippen LogP contribution < -0.4 is 49.3 Å². The van der Waals surface area contributed by atoms with Gasteiger partial charge in [-0.2, -0.15) is 9.90 Å². The van der Waals surface area contributed by atoms with Gasteiger partial charge in [0, 0.05) is 190 Å². The van der Waals surface area contributed by atoms with Gasteiger partial charge < -0.3 is 53.2 Å². The third-order valence-corrected chi connectivity index (χ3v) is 24.6. The van der Waals surface area contributed by atoms with Crippen molar-refractivity contribution in [3.05, 3.63) is 136 Å². The molecule has 749 valence electrons. The number of imidazole rings is 4. The monoisotopic (exact) mass is 2610 g/mol. The maximum atomic E-state index is 13.0. The molecule has 5 N–H and O–H groups in total. The van der Waals surface area contributed by atoms with Crippen LogP contribution in [0.3, 0.4) is 0 Å². The second kappa shape index (κ2) is 51.9. The maximum Gasteiger partial charge on any atom is 0.410 e. The normalized spacial score (nSPS) is 20.2. The number of aromatic nitrogens is 8. The summed E-state index contributed by atoms with van der Waals surface area (Å²) in [4.78, 5) is 187. The molecule has 4 aromatic heterocycles. The van der Waals surface area contributed by atoms with Crippen molar-refractivity contribution in [2.75, 3.05) is 78.8 Å². The van der Waals surface area contributed by atoms with Gasteiger partial charge in [-0.1, -0.05) is 54.2 Å². The number of carbonyl (C=O) groups excluding carboxylic acids is 11. The Morgan fingerprint density at radius 1 is 0.424 bits per heavy atom. The molecule has 8 saturated heterocycles. The molecule has 8 aromatic rings. The van der Waals surface area contributed by atoms with Gasteiger partial charge in [-0.25, -0.2) is 33.6 Å². The van der Waals surface area contributed by atoms with E-state index in [0.717, 1.165) is 89.3 Å². The number of aryl methyl sites for hydroxylation is 6. The quantitative estimate of drug-likeness (QED) is 0.0184. The number of hydrogen-bond donors (Lipinski definition) is 5. The Bertz CT molecular complexity index is 6200. The Balaban J connectivity index is 0.000000240. The molecule has 139 heavy (non-hydrogen) atoms. The average Bonchev–Trinajstić information content (AvgIpc) is 1.61. The van der Waals surface area contributed by atoms with E-state index in [1.807, 2.05) is 117 Å². The van der Waals surface area contributed by atoms with Gasteiger partial charge in [0.1, 0.15) is 54.2 Å². The summed E-state index contributed by atoms with van der Waals surface area (Å²) in [6.45, 7) is 23.6. The summed E-state index contributed by atoms with van der Waals surface area (Å²) in [6.07, 6.45) is 13.0. The number of nitrogens with zero attached hydrogens (tertiary/aromatic N) is 11. The van der Waals surface area contributed by atoms with Crippen molar-refractivity contribution in [3.63, 3.8) is 0 Å². The van der Waals surface area contributed by atoms with Crippen LogP contribution in [0.2, 0.25) is 0 Å². The minimum Gasteiger partial charge on any atom is -0.444 e. The minimum atomic E-state index is -0.745. The van der Waals surface area contributed by atoms with Crippen LogP contribution in [0.4, 0.5) is 14.4 Å². The molecule has 16 rings (SSSR count). The zero-order valence-electron chi connectivity index (χ0n) is 80.7. The molecule has 0 bridgehead atoms. The largest absolute Gasteiger partial charge is 0.444 e. The van der Waals surface area contributed by atoms with Crippen LogP contribution in [0.5, 0.6) is 0 Å². The van der Waals surface area contributed by atoms with Crippen LogP contribution in [-0.4, -0.2) is 237 Å². The SMILES string of the molecule is C#CCO[C@@H]1CCN(C(=O)OC(C)(C)C)C1.Cn1c(=O)n(C2CCC(=O)NC2=O)c2cccc(Br)c21.Cn1c(=O)n(C2CCC(=O)NC2=O)c2cccc(C#CCO[C@@H]3CCN(C(=O)OC(C)(C)C)C3)c21.Cn1c(=O)n(C2CCC(=O)NC2=O)c2cccc(CCCO[C@@H]3CCN(C(=O)OC(C)(C)C)C3)c21.Cn1c(=O)n(C2CCC(=O)NC2=O)c2cccc(CCCO[C@@H]3CCNC3)c21.P.[U].[V].[W].[W]. The molecule has 8 aliphatic heterocycles. The topological polar surface area (TPSA) is 430 Å². The molecule has 4 aromatic carbocycles. The van der Waals surface area contributed by atoms with Crippen molar-refractivity contribution < 1.29 is 178 Å². The number of rotatable bonds is 18. The van der Waals surface area contributed by atoms with Crippen molar-refractivity contribution in [3.8, 4) is 24.2 Å². The molecule has 0 spiro atoms. The van der Waals surface area contributed by atoms with Gasteiger partial charge in [-0.15, -0.1) is 6.42 Å². The summed E-state index contributed by atoms with van der Waals surface area (Å²) in [5, 5.41) is 12.6. The van der Waals surface area contributed by atoms with Crippen molar-refractivity contribution in [2.24, 2.45) is 28.2 Å². The third-order valence-electron chi connectivity index (χ3n) is 23.9. The number of carbonyl (C=O) groups is 11. The van der Waals surface area contributed by atoms with Crippen molar-refractivity contribution in [1.29, 1.82) is 0 Å². The van der Waals surface area contributed by atoms with E-state index < -0.39 is 64.6 Å². The first-order chi connectivity index (χ1) is 63.6. The average molecular weight is 2610 g/mol. The van der Waals surface area contributed by atoms with E-state index in [2.05, 4.69) is 60.3 Å². The van der Waals surface area contributed by atoms with Crippen LogP contribution >= 0.6 is 25.8 Å². The molecule has 9 atom stereocenters. The van der Waals surface area contributed by atoms with Gasteiger partial charge >= 0.3 is 41.0 Å².